The summed E-state index contributed by atoms with van der Waals surface area (Å²) < 4.78 is 7.67. The zero-order valence-corrected chi connectivity index (χ0v) is 17.5. The van der Waals surface area contributed by atoms with E-state index in [1.165, 1.54) is 17.2 Å². The van der Waals surface area contributed by atoms with Crippen LogP contribution in [0.2, 0.25) is 0 Å². The van der Waals surface area contributed by atoms with Crippen LogP contribution in [0.25, 0.3) is 16.7 Å². The Morgan fingerprint density at radius 2 is 1.97 bits per heavy atom. The van der Waals surface area contributed by atoms with Crippen LogP contribution in [0.4, 0.5) is 0 Å². The van der Waals surface area contributed by atoms with Crippen molar-refractivity contribution in [2.24, 2.45) is 0 Å². The number of aryl methyl sites for hydroxylation is 2. The fourth-order valence-electron chi connectivity index (χ4n) is 4.23. The number of para-hydroxylation sites is 1. The van der Waals surface area contributed by atoms with E-state index in [1.807, 2.05) is 10.9 Å². The molecule has 6 nitrogen and oxygen atoms in total. The number of carbonyl (C=O) groups is 1. The number of hydrogen-bond donors (Lipinski definition) is 1. The highest BCUT2D eigenvalue weighted by Crippen LogP contribution is 2.31. The molecular weight excluding hydrogens is 390 g/mol. The van der Waals surface area contributed by atoms with Gasteiger partial charge >= 0.3 is 0 Å². The van der Waals surface area contributed by atoms with Gasteiger partial charge in [0, 0.05) is 17.3 Å². The number of benzene rings is 2. The Kier molecular flexibility index (Phi) is 4.70. The summed E-state index contributed by atoms with van der Waals surface area (Å²) in [6.45, 7) is 4.18. The molecule has 6 heteroatoms. The molecule has 31 heavy (non-hydrogen) atoms. The highest BCUT2D eigenvalue weighted by Gasteiger charge is 2.27. The molecule has 0 fully saturated rings. The molecule has 1 N–H and O–H groups in total. The van der Waals surface area contributed by atoms with E-state index in [9.17, 15) is 9.59 Å². The van der Waals surface area contributed by atoms with E-state index in [1.54, 1.807) is 24.3 Å². The Balaban J connectivity index is 1.45. The molecule has 1 atom stereocenters. The lowest BCUT2D eigenvalue weighted by Crippen LogP contribution is -2.31. The minimum absolute atomic E-state index is 0.0253. The van der Waals surface area contributed by atoms with Crippen LogP contribution in [-0.2, 0) is 6.42 Å². The summed E-state index contributed by atoms with van der Waals surface area (Å²) >= 11 is 0. The van der Waals surface area contributed by atoms with Crippen LogP contribution in [0.15, 0.2) is 63.9 Å². The van der Waals surface area contributed by atoms with Gasteiger partial charge in [-0.2, -0.15) is 5.10 Å². The Bertz CT molecular complexity index is 1370. The number of aromatic nitrogens is 2. The van der Waals surface area contributed by atoms with Crippen LogP contribution in [0.1, 0.15) is 51.8 Å². The van der Waals surface area contributed by atoms with Crippen LogP contribution >= 0.6 is 0 Å². The van der Waals surface area contributed by atoms with Crippen LogP contribution in [0, 0.1) is 13.8 Å². The molecule has 1 amide bonds. The molecule has 0 saturated carbocycles. The number of fused-ring (bicyclic) bond motifs is 2. The van der Waals surface area contributed by atoms with Crippen molar-refractivity contribution in [2.75, 3.05) is 0 Å². The molecule has 1 aliphatic carbocycles. The second-order valence-electron chi connectivity index (χ2n) is 8.12. The first-order valence-corrected chi connectivity index (χ1v) is 10.5. The molecular formula is C25H23N3O3. The van der Waals surface area contributed by atoms with Gasteiger partial charge in [0.2, 0.25) is 0 Å². The average Bonchev–Trinajstić information content (AvgIpc) is 3.21. The van der Waals surface area contributed by atoms with E-state index in [-0.39, 0.29) is 23.1 Å². The molecule has 2 heterocycles. The average molecular weight is 413 g/mol. The maximum absolute atomic E-state index is 12.9. The van der Waals surface area contributed by atoms with Crippen LogP contribution in [0.5, 0.6) is 0 Å². The minimum Gasteiger partial charge on any atom is -0.451 e. The Morgan fingerprint density at radius 3 is 2.81 bits per heavy atom. The standard InChI is InChI=1S/C25H23N3O3/c1-15-10-11-17(12-16(15)2)28-21-8-5-7-20(19(21)14-26-28)27-25(30)24-13-22(29)18-6-3-4-9-23(18)31-24/h3-4,6,9-14,20H,5,7-8H2,1-2H3,(H,27,30)/t20-/m1/s1. The summed E-state index contributed by atoms with van der Waals surface area (Å²) in [5.74, 6) is -0.364. The van der Waals surface area contributed by atoms with E-state index >= 15 is 0 Å². The number of carbonyl (C=O) groups excluding carboxylic acids is 1. The van der Waals surface area contributed by atoms with Crippen molar-refractivity contribution in [3.8, 4) is 5.69 Å². The van der Waals surface area contributed by atoms with Crippen LogP contribution in [-0.4, -0.2) is 15.7 Å². The third-order valence-corrected chi connectivity index (χ3v) is 6.08. The predicted molar refractivity (Wildman–Crippen MR) is 119 cm³/mol. The molecule has 0 bridgehead atoms. The van der Waals surface area contributed by atoms with Crippen molar-refractivity contribution in [3.05, 3.63) is 93.1 Å². The number of rotatable bonds is 3. The second-order valence-corrected chi connectivity index (χ2v) is 8.12. The molecule has 0 aliphatic heterocycles. The van der Waals surface area contributed by atoms with Crippen molar-refractivity contribution in [1.82, 2.24) is 15.1 Å². The van der Waals surface area contributed by atoms with Crippen molar-refractivity contribution in [1.29, 1.82) is 0 Å². The maximum atomic E-state index is 12.9. The first kappa shape index (κ1) is 19.3. The monoisotopic (exact) mass is 413 g/mol. The van der Waals surface area contributed by atoms with E-state index in [0.717, 1.165) is 36.2 Å². The zero-order chi connectivity index (χ0) is 21.5. The highest BCUT2D eigenvalue weighted by molar-refractivity contribution is 5.93. The van der Waals surface area contributed by atoms with Gasteiger partial charge in [0.15, 0.2) is 11.2 Å². The zero-order valence-electron chi connectivity index (χ0n) is 17.5. The Labute approximate surface area is 179 Å². The molecule has 2 aromatic carbocycles. The van der Waals surface area contributed by atoms with Crippen molar-refractivity contribution >= 4 is 16.9 Å². The predicted octanol–water partition coefficient (Wildman–Crippen LogP) is 4.40. The summed E-state index contributed by atoms with van der Waals surface area (Å²) in [5, 5.41) is 8.13. The van der Waals surface area contributed by atoms with Crippen LogP contribution < -0.4 is 10.7 Å². The van der Waals surface area contributed by atoms with Gasteiger partial charge in [-0.1, -0.05) is 18.2 Å². The second kappa shape index (κ2) is 7.54. The van der Waals surface area contributed by atoms with Crippen LogP contribution in [0.3, 0.4) is 0 Å². The van der Waals surface area contributed by atoms with Crippen molar-refractivity contribution in [2.45, 2.75) is 39.2 Å². The van der Waals surface area contributed by atoms with Gasteiger partial charge in [-0.05, 0) is 68.5 Å². The number of nitrogens with zero attached hydrogens (tertiary/aromatic N) is 2. The fraction of sp³-hybridized carbons (Fsp3) is 0.240. The molecule has 1 aliphatic rings. The van der Waals surface area contributed by atoms with Gasteiger partial charge in [-0.3, -0.25) is 9.59 Å². The Morgan fingerprint density at radius 1 is 1.13 bits per heavy atom. The molecule has 0 saturated heterocycles. The molecule has 5 rings (SSSR count). The van der Waals surface area contributed by atoms with Gasteiger partial charge in [0.1, 0.15) is 5.58 Å². The van der Waals surface area contributed by atoms with E-state index < -0.39 is 0 Å². The molecule has 4 aromatic rings. The smallest absolute Gasteiger partial charge is 0.287 e. The summed E-state index contributed by atoms with van der Waals surface area (Å²) in [4.78, 5) is 25.3. The molecule has 0 radical (unpaired) electrons. The minimum atomic E-state index is -0.389. The van der Waals surface area contributed by atoms with Gasteiger partial charge in [0.05, 0.1) is 23.3 Å². The lowest BCUT2D eigenvalue weighted by Gasteiger charge is -2.24. The summed E-state index contributed by atoms with van der Waals surface area (Å²) in [6.07, 6.45) is 4.50. The number of amides is 1. The topological polar surface area (TPSA) is 77.1 Å². The van der Waals surface area contributed by atoms with Gasteiger partial charge in [-0.25, -0.2) is 4.68 Å². The van der Waals surface area contributed by atoms with E-state index in [4.69, 9.17) is 4.42 Å². The molecule has 2 aromatic heterocycles. The largest absolute Gasteiger partial charge is 0.451 e. The summed E-state index contributed by atoms with van der Waals surface area (Å²) in [7, 11) is 0. The number of nitrogens with one attached hydrogen (secondary N) is 1. The van der Waals surface area contributed by atoms with Gasteiger partial charge in [-0.15, -0.1) is 0 Å². The number of hydrogen-bond acceptors (Lipinski definition) is 4. The Hall–Kier alpha value is -3.67. The van der Waals surface area contributed by atoms with E-state index in [0.29, 0.717) is 11.0 Å². The first-order valence-electron chi connectivity index (χ1n) is 10.5. The first-order chi connectivity index (χ1) is 15.0. The van der Waals surface area contributed by atoms with Crippen molar-refractivity contribution < 1.29 is 9.21 Å². The summed E-state index contributed by atoms with van der Waals surface area (Å²) in [6, 6.07) is 14.3. The quantitative estimate of drug-likeness (QED) is 0.540. The third kappa shape index (κ3) is 3.44. The lowest BCUT2D eigenvalue weighted by atomic mass is 9.92. The van der Waals surface area contributed by atoms with Crippen molar-refractivity contribution in [3.63, 3.8) is 0 Å². The normalized spacial score (nSPS) is 15.6. The molecule has 0 spiro atoms. The fourth-order valence-corrected chi connectivity index (χ4v) is 4.23. The SMILES string of the molecule is Cc1ccc(-n2ncc3c2CCC[C@H]3NC(=O)c2cc(=O)c3ccccc3o2)cc1C. The maximum Gasteiger partial charge on any atom is 0.287 e. The highest BCUT2D eigenvalue weighted by atomic mass is 16.3. The van der Waals surface area contributed by atoms with Gasteiger partial charge < -0.3 is 9.73 Å². The lowest BCUT2D eigenvalue weighted by molar-refractivity contribution is 0.0905. The molecule has 156 valence electrons. The summed E-state index contributed by atoms with van der Waals surface area (Å²) in [5.41, 5.74) is 5.80. The van der Waals surface area contributed by atoms with E-state index in [2.05, 4.69) is 42.5 Å². The van der Waals surface area contributed by atoms with Gasteiger partial charge in [0.25, 0.3) is 5.91 Å². The third-order valence-electron chi connectivity index (χ3n) is 6.08. The molecule has 0 unspecified atom stereocenters.